The summed E-state index contributed by atoms with van der Waals surface area (Å²) < 4.78 is 7.34. The van der Waals surface area contributed by atoms with Crippen LogP contribution in [0, 0.1) is 40.9 Å². The van der Waals surface area contributed by atoms with Crippen LogP contribution >= 0.6 is 0 Å². The molecule has 1 atom stereocenters. The van der Waals surface area contributed by atoms with Crippen LogP contribution in [0.2, 0.25) is 0 Å². The van der Waals surface area contributed by atoms with E-state index in [9.17, 15) is 5.11 Å². The van der Waals surface area contributed by atoms with Gasteiger partial charge in [-0.25, -0.2) is 4.98 Å². The van der Waals surface area contributed by atoms with E-state index in [-0.39, 0.29) is 5.92 Å². The van der Waals surface area contributed by atoms with Gasteiger partial charge < -0.3 is 14.2 Å². The van der Waals surface area contributed by atoms with E-state index in [1.54, 1.807) is 13.1 Å². The van der Waals surface area contributed by atoms with Crippen LogP contribution in [-0.4, -0.2) is 44.3 Å². The van der Waals surface area contributed by atoms with Gasteiger partial charge in [0.05, 0.1) is 19.2 Å². The van der Waals surface area contributed by atoms with Gasteiger partial charge in [0.2, 0.25) is 0 Å². The molecule has 4 rings (SSSR count). The normalized spacial score (nSPS) is 15.1. The van der Waals surface area contributed by atoms with Crippen molar-refractivity contribution in [2.24, 2.45) is 5.92 Å². The number of benzene rings is 1. The first kappa shape index (κ1) is 22.4. The van der Waals surface area contributed by atoms with Crippen molar-refractivity contribution in [3.63, 3.8) is 0 Å². The molecule has 0 spiro atoms. The minimum Gasteiger partial charge on any atom is -0.385 e. The first-order chi connectivity index (χ1) is 16.1. The van der Waals surface area contributed by atoms with E-state index in [2.05, 4.69) is 44.8 Å². The number of rotatable bonds is 5. The van der Waals surface area contributed by atoms with Gasteiger partial charge in [-0.1, -0.05) is 17.0 Å². The average molecular weight is 440 g/mol. The molecule has 7 nitrogen and oxygen atoms in total. The summed E-state index contributed by atoms with van der Waals surface area (Å²) in [7, 11) is 0. The SMILES string of the molecule is C[C@H](O)c1nccn1Cc1cc(-c2ccc(C#CC#CCN3CCC(C#N)CC3)cc2)on1. The van der Waals surface area contributed by atoms with Gasteiger partial charge in [0.1, 0.15) is 17.6 Å². The lowest BCUT2D eigenvalue weighted by atomic mass is 9.99. The second kappa shape index (κ2) is 10.7. The van der Waals surface area contributed by atoms with Crippen molar-refractivity contribution in [1.82, 2.24) is 19.6 Å². The largest absolute Gasteiger partial charge is 0.385 e. The molecule has 1 aliphatic rings. The minimum absolute atomic E-state index is 0.195. The van der Waals surface area contributed by atoms with E-state index in [0.717, 1.165) is 42.8 Å². The lowest BCUT2D eigenvalue weighted by molar-refractivity contribution is 0.184. The van der Waals surface area contributed by atoms with Crippen LogP contribution in [0.5, 0.6) is 0 Å². The highest BCUT2D eigenvalue weighted by atomic mass is 16.5. The monoisotopic (exact) mass is 439 g/mol. The smallest absolute Gasteiger partial charge is 0.167 e. The Kier molecular flexibility index (Phi) is 7.22. The quantitative estimate of drug-likeness (QED) is 0.614. The van der Waals surface area contributed by atoms with E-state index < -0.39 is 6.10 Å². The van der Waals surface area contributed by atoms with Gasteiger partial charge >= 0.3 is 0 Å². The zero-order valence-corrected chi connectivity index (χ0v) is 18.5. The van der Waals surface area contributed by atoms with E-state index >= 15 is 0 Å². The Bertz CT molecular complexity index is 1230. The molecule has 2 aromatic heterocycles. The molecule has 1 fully saturated rings. The van der Waals surface area contributed by atoms with Gasteiger partial charge in [-0.15, -0.1) is 0 Å². The van der Waals surface area contributed by atoms with Gasteiger partial charge in [-0.3, -0.25) is 4.90 Å². The molecule has 0 radical (unpaired) electrons. The maximum atomic E-state index is 9.79. The summed E-state index contributed by atoms with van der Waals surface area (Å²) in [5.74, 6) is 13.4. The Hall–Kier alpha value is -3.83. The highest BCUT2D eigenvalue weighted by molar-refractivity contribution is 5.59. The van der Waals surface area contributed by atoms with Crippen LogP contribution in [0.1, 0.15) is 43.0 Å². The van der Waals surface area contributed by atoms with Gasteiger partial charge in [0.25, 0.3) is 0 Å². The van der Waals surface area contributed by atoms with Gasteiger partial charge in [-0.05, 0) is 55.9 Å². The Morgan fingerprint density at radius 3 is 2.73 bits per heavy atom. The topological polar surface area (TPSA) is 91.1 Å². The van der Waals surface area contributed by atoms with E-state index in [1.165, 1.54) is 0 Å². The van der Waals surface area contributed by atoms with Crippen LogP contribution < -0.4 is 0 Å². The van der Waals surface area contributed by atoms with Crippen molar-refractivity contribution in [3.8, 4) is 41.1 Å². The third-order valence-corrected chi connectivity index (χ3v) is 5.61. The average Bonchev–Trinajstić information content (AvgIpc) is 3.50. The Balaban J connectivity index is 1.32. The van der Waals surface area contributed by atoms with Crippen molar-refractivity contribution >= 4 is 0 Å². The van der Waals surface area contributed by atoms with Crippen molar-refractivity contribution in [1.29, 1.82) is 5.26 Å². The molecule has 0 saturated carbocycles. The maximum Gasteiger partial charge on any atom is 0.167 e. The van der Waals surface area contributed by atoms with Crippen LogP contribution in [0.4, 0.5) is 0 Å². The van der Waals surface area contributed by atoms with Crippen molar-refractivity contribution < 1.29 is 9.63 Å². The van der Waals surface area contributed by atoms with E-state index in [4.69, 9.17) is 9.78 Å². The molecule has 0 bridgehead atoms. The number of aromatic nitrogens is 3. The number of hydrogen-bond acceptors (Lipinski definition) is 6. The number of nitriles is 1. The highest BCUT2D eigenvalue weighted by Gasteiger charge is 2.17. The second-order valence-corrected chi connectivity index (χ2v) is 8.08. The summed E-state index contributed by atoms with van der Waals surface area (Å²) in [4.78, 5) is 6.44. The summed E-state index contributed by atoms with van der Waals surface area (Å²) in [6.45, 7) is 4.70. The first-order valence-corrected chi connectivity index (χ1v) is 11.0. The lowest BCUT2D eigenvalue weighted by Crippen LogP contribution is -2.33. The van der Waals surface area contributed by atoms with E-state index in [1.807, 2.05) is 41.1 Å². The van der Waals surface area contributed by atoms with Gasteiger partial charge in [-0.2, -0.15) is 5.26 Å². The van der Waals surface area contributed by atoms with Crippen LogP contribution in [-0.2, 0) is 6.54 Å². The molecule has 3 aromatic rings. The first-order valence-electron chi connectivity index (χ1n) is 11.0. The fourth-order valence-electron chi connectivity index (χ4n) is 3.76. The number of imidazole rings is 1. The zero-order chi connectivity index (χ0) is 23.0. The molecule has 3 heterocycles. The molecule has 33 heavy (non-hydrogen) atoms. The summed E-state index contributed by atoms with van der Waals surface area (Å²) in [5.41, 5.74) is 2.54. The number of hydrogen-bond donors (Lipinski definition) is 1. The fourth-order valence-corrected chi connectivity index (χ4v) is 3.76. The Morgan fingerprint density at radius 1 is 1.21 bits per heavy atom. The molecule has 0 unspecified atom stereocenters. The fraction of sp³-hybridized carbons (Fsp3) is 0.346. The molecule has 7 heteroatoms. The predicted molar refractivity (Wildman–Crippen MR) is 123 cm³/mol. The number of aliphatic hydroxyl groups is 1. The standard InChI is InChI=1S/C26H25N5O2/c1-20(32)26-28-12-16-31(26)19-24-17-25(33-29-24)23-8-6-21(7-9-23)5-3-2-4-13-30-14-10-22(18-27)11-15-30/h6-9,12,16-17,20,22,32H,10-11,13-15,19H2,1H3/t20-/m0/s1. The summed E-state index contributed by atoms with van der Waals surface area (Å²) in [6, 6.07) is 12.0. The van der Waals surface area contributed by atoms with Crippen molar-refractivity contribution in [3.05, 3.63) is 59.8 Å². The lowest BCUT2D eigenvalue weighted by Gasteiger charge is -2.26. The highest BCUT2D eigenvalue weighted by Crippen LogP contribution is 2.22. The minimum atomic E-state index is -0.647. The van der Waals surface area contributed by atoms with Crippen LogP contribution in [0.25, 0.3) is 11.3 Å². The number of nitrogens with zero attached hydrogens (tertiary/aromatic N) is 5. The van der Waals surface area contributed by atoms with Crippen LogP contribution in [0.15, 0.2) is 47.2 Å². The predicted octanol–water partition coefficient (Wildman–Crippen LogP) is 3.23. The Morgan fingerprint density at radius 2 is 2.00 bits per heavy atom. The number of aliphatic hydroxyl groups excluding tert-OH is 1. The molecule has 0 amide bonds. The molecule has 1 aliphatic heterocycles. The maximum absolute atomic E-state index is 9.79. The number of piperidine rings is 1. The summed E-state index contributed by atoms with van der Waals surface area (Å²) >= 11 is 0. The van der Waals surface area contributed by atoms with Crippen LogP contribution in [0.3, 0.4) is 0 Å². The molecule has 166 valence electrons. The second-order valence-electron chi connectivity index (χ2n) is 8.08. The zero-order valence-electron chi connectivity index (χ0n) is 18.5. The third-order valence-electron chi connectivity index (χ3n) is 5.61. The molecule has 1 N–H and O–H groups in total. The summed E-state index contributed by atoms with van der Waals surface area (Å²) in [6.07, 6.45) is 4.67. The van der Waals surface area contributed by atoms with Gasteiger partial charge in [0.15, 0.2) is 5.76 Å². The molecule has 0 aliphatic carbocycles. The number of likely N-dealkylation sites (tertiary alicyclic amines) is 1. The van der Waals surface area contributed by atoms with Crippen molar-refractivity contribution in [2.75, 3.05) is 19.6 Å². The molecule has 1 aromatic carbocycles. The summed E-state index contributed by atoms with van der Waals surface area (Å²) in [5, 5.41) is 22.9. The molecule has 1 saturated heterocycles. The van der Waals surface area contributed by atoms with Crippen molar-refractivity contribution in [2.45, 2.75) is 32.4 Å². The third kappa shape index (κ3) is 5.90. The molecular weight excluding hydrogens is 414 g/mol. The molecular formula is C26H25N5O2. The van der Waals surface area contributed by atoms with E-state index in [0.29, 0.717) is 24.7 Å². The van der Waals surface area contributed by atoms with Gasteiger partial charge in [0, 0.05) is 48.6 Å². The Labute approximate surface area is 193 Å².